The van der Waals surface area contributed by atoms with E-state index in [-0.39, 0.29) is 11.4 Å². The van der Waals surface area contributed by atoms with E-state index < -0.39 is 4.92 Å². The van der Waals surface area contributed by atoms with Gasteiger partial charge in [-0.15, -0.1) is 0 Å². The lowest BCUT2D eigenvalue weighted by molar-refractivity contribution is -0.385. The van der Waals surface area contributed by atoms with Crippen molar-refractivity contribution in [1.82, 2.24) is 4.98 Å². The monoisotopic (exact) mass is 324 g/mol. The Morgan fingerprint density at radius 1 is 1.32 bits per heavy atom. The van der Waals surface area contributed by atoms with Crippen LogP contribution in [0, 0.1) is 10.1 Å². The van der Waals surface area contributed by atoms with Gasteiger partial charge in [-0.1, -0.05) is 0 Å². The van der Waals surface area contributed by atoms with E-state index in [1.807, 2.05) is 0 Å². The third-order valence-corrected chi connectivity index (χ3v) is 2.91. The standard InChI is InChI=1S/C12H9BrN2O4/c1-18-8-2-3-10(15(16)17)12(6-8)19-11-4-5-14-7-9(11)13/h2-7H,1H3. The number of nitro groups is 1. The van der Waals surface area contributed by atoms with E-state index in [9.17, 15) is 10.1 Å². The zero-order valence-electron chi connectivity index (χ0n) is 9.87. The molecule has 0 atom stereocenters. The Kier molecular flexibility index (Phi) is 3.96. The van der Waals surface area contributed by atoms with Crippen molar-refractivity contribution in [3.8, 4) is 17.2 Å². The number of nitro benzene ring substituents is 1. The molecule has 0 fully saturated rings. The molecule has 2 aromatic rings. The molecule has 19 heavy (non-hydrogen) atoms. The fraction of sp³-hybridized carbons (Fsp3) is 0.0833. The van der Waals surface area contributed by atoms with Crippen LogP contribution in [0.3, 0.4) is 0 Å². The van der Waals surface area contributed by atoms with Gasteiger partial charge in [-0.3, -0.25) is 15.1 Å². The van der Waals surface area contributed by atoms with Gasteiger partial charge in [0, 0.05) is 30.6 Å². The first-order chi connectivity index (χ1) is 9.11. The average molecular weight is 325 g/mol. The van der Waals surface area contributed by atoms with Gasteiger partial charge in [-0.05, 0) is 22.0 Å². The Hall–Kier alpha value is -2.15. The third-order valence-electron chi connectivity index (χ3n) is 2.32. The fourth-order valence-electron chi connectivity index (χ4n) is 1.42. The van der Waals surface area contributed by atoms with Crippen molar-refractivity contribution in [2.75, 3.05) is 7.11 Å². The molecule has 98 valence electrons. The van der Waals surface area contributed by atoms with Crippen LogP contribution in [-0.2, 0) is 0 Å². The van der Waals surface area contributed by atoms with Crippen molar-refractivity contribution in [3.05, 3.63) is 51.2 Å². The summed E-state index contributed by atoms with van der Waals surface area (Å²) < 4.78 is 11.2. The summed E-state index contributed by atoms with van der Waals surface area (Å²) in [5, 5.41) is 11.0. The van der Waals surface area contributed by atoms with E-state index in [4.69, 9.17) is 9.47 Å². The zero-order valence-corrected chi connectivity index (χ0v) is 11.5. The van der Waals surface area contributed by atoms with Crippen LogP contribution in [0.2, 0.25) is 0 Å². The molecule has 6 nitrogen and oxygen atoms in total. The minimum atomic E-state index is -0.510. The normalized spacial score (nSPS) is 10.0. The molecule has 0 aliphatic rings. The second-order valence-corrected chi connectivity index (χ2v) is 4.35. The second-order valence-electron chi connectivity index (χ2n) is 3.50. The number of rotatable bonds is 4. The number of pyridine rings is 1. The first-order valence-electron chi connectivity index (χ1n) is 5.21. The molecule has 1 aromatic carbocycles. The van der Waals surface area contributed by atoms with Gasteiger partial charge >= 0.3 is 5.69 Å². The van der Waals surface area contributed by atoms with Crippen LogP contribution in [0.4, 0.5) is 5.69 Å². The highest BCUT2D eigenvalue weighted by Crippen LogP contribution is 2.36. The van der Waals surface area contributed by atoms with Gasteiger partial charge in [-0.2, -0.15) is 0 Å². The number of aromatic nitrogens is 1. The number of halogens is 1. The minimum Gasteiger partial charge on any atom is -0.497 e. The maximum Gasteiger partial charge on any atom is 0.311 e. The quantitative estimate of drug-likeness (QED) is 0.635. The molecule has 0 saturated carbocycles. The first kappa shape index (κ1) is 13.3. The summed E-state index contributed by atoms with van der Waals surface area (Å²) in [6, 6.07) is 5.91. The molecule has 0 aliphatic heterocycles. The summed E-state index contributed by atoms with van der Waals surface area (Å²) >= 11 is 3.26. The van der Waals surface area contributed by atoms with Crippen LogP contribution in [-0.4, -0.2) is 17.0 Å². The van der Waals surface area contributed by atoms with Gasteiger partial charge in [-0.25, -0.2) is 0 Å². The summed E-state index contributed by atoms with van der Waals surface area (Å²) in [4.78, 5) is 14.3. The number of methoxy groups -OCH3 is 1. The number of ether oxygens (including phenoxy) is 2. The highest BCUT2D eigenvalue weighted by Gasteiger charge is 2.17. The summed E-state index contributed by atoms with van der Waals surface area (Å²) in [7, 11) is 1.48. The number of hydrogen-bond donors (Lipinski definition) is 0. The zero-order chi connectivity index (χ0) is 13.8. The molecule has 1 heterocycles. The predicted molar refractivity (Wildman–Crippen MR) is 71.7 cm³/mol. The minimum absolute atomic E-state index is 0.108. The van der Waals surface area contributed by atoms with Crippen molar-refractivity contribution < 1.29 is 14.4 Å². The highest BCUT2D eigenvalue weighted by atomic mass is 79.9. The van der Waals surface area contributed by atoms with Crippen LogP contribution in [0.1, 0.15) is 0 Å². The van der Waals surface area contributed by atoms with Crippen molar-refractivity contribution >= 4 is 21.6 Å². The Morgan fingerprint density at radius 3 is 2.74 bits per heavy atom. The third kappa shape index (κ3) is 3.00. The van der Waals surface area contributed by atoms with Gasteiger partial charge in [0.1, 0.15) is 11.5 Å². The van der Waals surface area contributed by atoms with E-state index in [1.165, 1.54) is 31.5 Å². The van der Waals surface area contributed by atoms with Crippen LogP contribution in [0.25, 0.3) is 0 Å². The summed E-state index contributed by atoms with van der Waals surface area (Å²) in [6.45, 7) is 0. The average Bonchev–Trinajstić information content (AvgIpc) is 2.41. The highest BCUT2D eigenvalue weighted by molar-refractivity contribution is 9.10. The number of benzene rings is 1. The maximum absolute atomic E-state index is 11.0. The van der Waals surface area contributed by atoms with Crippen LogP contribution in [0.15, 0.2) is 41.1 Å². The number of hydrogen-bond acceptors (Lipinski definition) is 5. The summed E-state index contributed by atoms with van der Waals surface area (Å²) in [5.41, 5.74) is -0.135. The molecular weight excluding hydrogens is 316 g/mol. The fourth-order valence-corrected chi connectivity index (χ4v) is 1.75. The Labute approximate surface area is 117 Å². The molecule has 1 aromatic heterocycles. The van der Waals surface area contributed by atoms with E-state index >= 15 is 0 Å². The van der Waals surface area contributed by atoms with Crippen molar-refractivity contribution in [2.45, 2.75) is 0 Å². The second kappa shape index (κ2) is 5.66. The Balaban J connectivity index is 2.43. The van der Waals surface area contributed by atoms with Crippen molar-refractivity contribution in [3.63, 3.8) is 0 Å². The van der Waals surface area contributed by atoms with Crippen LogP contribution >= 0.6 is 15.9 Å². The van der Waals surface area contributed by atoms with Crippen LogP contribution < -0.4 is 9.47 Å². The molecule has 0 bridgehead atoms. The molecule has 7 heteroatoms. The van der Waals surface area contributed by atoms with Crippen molar-refractivity contribution in [2.24, 2.45) is 0 Å². The molecule has 0 spiro atoms. The SMILES string of the molecule is COc1ccc([N+](=O)[O-])c(Oc2ccncc2Br)c1. The smallest absolute Gasteiger partial charge is 0.311 e. The lowest BCUT2D eigenvalue weighted by atomic mass is 10.3. The molecular formula is C12H9BrN2O4. The van der Waals surface area contributed by atoms with Crippen LogP contribution in [0.5, 0.6) is 17.2 Å². The first-order valence-corrected chi connectivity index (χ1v) is 6.01. The number of nitrogens with zero attached hydrogens (tertiary/aromatic N) is 2. The molecule has 0 unspecified atom stereocenters. The molecule has 0 radical (unpaired) electrons. The Morgan fingerprint density at radius 2 is 2.11 bits per heavy atom. The molecule has 0 saturated heterocycles. The maximum atomic E-state index is 11.0. The largest absolute Gasteiger partial charge is 0.497 e. The lowest BCUT2D eigenvalue weighted by Crippen LogP contribution is -1.95. The summed E-state index contributed by atoms with van der Waals surface area (Å²) in [6.07, 6.45) is 3.08. The van der Waals surface area contributed by atoms with E-state index in [1.54, 1.807) is 12.3 Å². The predicted octanol–water partition coefficient (Wildman–Crippen LogP) is 3.55. The van der Waals surface area contributed by atoms with E-state index in [0.29, 0.717) is 16.0 Å². The van der Waals surface area contributed by atoms with Crippen molar-refractivity contribution in [1.29, 1.82) is 0 Å². The Bertz CT molecular complexity index is 618. The molecule has 0 N–H and O–H groups in total. The van der Waals surface area contributed by atoms with Gasteiger partial charge in [0.15, 0.2) is 0 Å². The van der Waals surface area contributed by atoms with Gasteiger partial charge in [0.05, 0.1) is 16.5 Å². The summed E-state index contributed by atoms with van der Waals surface area (Å²) in [5.74, 6) is 1.02. The topological polar surface area (TPSA) is 74.5 Å². The van der Waals surface area contributed by atoms with Gasteiger partial charge < -0.3 is 9.47 Å². The van der Waals surface area contributed by atoms with E-state index in [0.717, 1.165) is 0 Å². The molecule has 0 aliphatic carbocycles. The van der Waals surface area contributed by atoms with Gasteiger partial charge in [0.2, 0.25) is 5.75 Å². The molecule has 0 amide bonds. The van der Waals surface area contributed by atoms with Gasteiger partial charge in [0.25, 0.3) is 0 Å². The van der Waals surface area contributed by atoms with E-state index in [2.05, 4.69) is 20.9 Å². The molecule has 2 rings (SSSR count). The lowest BCUT2D eigenvalue weighted by Gasteiger charge is -2.09.